The lowest BCUT2D eigenvalue weighted by Gasteiger charge is -1.81. The molecule has 4 N–H and O–H groups in total. The molecule has 0 atom stereocenters. The quantitative estimate of drug-likeness (QED) is 0.265. The predicted octanol–water partition coefficient (Wildman–Crippen LogP) is 4.31. The minimum atomic E-state index is 0.399. The van der Waals surface area contributed by atoms with E-state index in [9.17, 15) is 0 Å². The molecule has 0 spiro atoms. The van der Waals surface area contributed by atoms with Crippen LogP contribution in [-0.4, -0.2) is 39.3 Å². The van der Waals surface area contributed by atoms with Crippen molar-refractivity contribution >= 4 is 0 Å². The molecule has 0 amide bonds. The SMILES string of the molecule is CCCN=[N+]=[N-].CCCN=[N+]=[N-].[N-]=[N+]=NCCCN.[N-]=[N+]=NCCN. The van der Waals surface area contributed by atoms with Crippen LogP contribution in [0, 0.1) is 0 Å². The number of azide groups is 4. The van der Waals surface area contributed by atoms with Gasteiger partial charge in [-0.3, -0.25) is 0 Å². The summed E-state index contributed by atoms with van der Waals surface area (Å²) in [7, 11) is 0. The van der Waals surface area contributed by atoms with Crippen LogP contribution < -0.4 is 11.5 Å². The van der Waals surface area contributed by atoms with Gasteiger partial charge >= 0.3 is 0 Å². The van der Waals surface area contributed by atoms with Crippen molar-refractivity contribution in [1.29, 1.82) is 0 Å². The highest BCUT2D eigenvalue weighted by Crippen LogP contribution is 1.75. The van der Waals surface area contributed by atoms with Crippen molar-refractivity contribution < 1.29 is 0 Å². The summed E-state index contributed by atoms with van der Waals surface area (Å²) in [5.74, 6) is 0. The Hall–Kier alpha value is -2.84. The molecule has 0 heterocycles. The zero-order chi connectivity index (χ0) is 20.0. The predicted molar refractivity (Wildman–Crippen MR) is 99.4 cm³/mol. The summed E-state index contributed by atoms with van der Waals surface area (Å²) in [6.45, 7) is 7.13. The van der Waals surface area contributed by atoms with Gasteiger partial charge in [0, 0.05) is 45.8 Å². The number of nitrogens with two attached hydrogens (primary N) is 2. The average Bonchev–Trinajstić information content (AvgIpc) is 2.65. The Morgan fingerprint density at radius 2 is 0.960 bits per heavy atom. The molecule has 0 aliphatic rings. The third-order valence-electron chi connectivity index (χ3n) is 1.59. The van der Waals surface area contributed by atoms with Gasteiger partial charge in [-0.25, -0.2) is 0 Å². The van der Waals surface area contributed by atoms with E-state index in [4.69, 9.17) is 33.6 Å². The minimum Gasteiger partial charge on any atom is -0.330 e. The molecule has 142 valence electrons. The molecular formula is C11H28N14. The first kappa shape index (κ1) is 30.1. The maximum absolute atomic E-state index is 7.71. The molecule has 0 saturated heterocycles. The highest BCUT2D eigenvalue weighted by atomic mass is 15.1. The topological polar surface area (TPSA) is 247 Å². The summed E-state index contributed by atoms with van der Waals surface area (Å²) in [5.41, 5.74) is 40.7. The van der Waals surface area contributed by atoms with E-state index in [0.717, 1.165) is 19.3 Å². The van der Waals surface area contributed by atoms with Gasteiger partial charge in [0.1, 0.15) is 0 Å². The first-order chi connectivity index (χ1) is 12.2. The fourth-order valence-electron chi connectivity index (χ4n) is 0.599. The maximum atomic E-state index is 7.71. The van der Waals surface area contributed by atoms with Gasteiger partial charge in [-0.2, -0.15) is 0 Å². The van der Waals surface area contributed by atoms with Crippen LogP contribution in [0.2, 0.25) is 0 Å². The normalized spacial score (nSPS) is 7.04. The van der Waals surface area contributed by atoms with E-state index in [1.165, 1.54) is 0 Å². The van der Waals surface area contributed by atoms with Crippen LogP contribution in [0.25, 0.3) is 41.8 Å². The van der Waals surface area contributed by atoms with Gasteiger partial charge in [0.25, 0.3) is 0 Å². The Morgan fingerprint density at radius 3 is 1.16 bits per heavy atom. The van der Waals surface area contributed by atoms with E-state index in [2.05, 4.69) is 40.1 Å². The Bertz CT molecular complexity index is 377. The average molecular weight is 356 g/mol. The van der Waals surface area contributed by atoms with Gasteiger partial charge < -0.3 is 11.5 Å². The van der Waals surface area contributed by atoms with Crippen LogP contribution in [0.1, 0.15) is 33.1 Å². The monoisotopic (exact) mass is 356 g/mol. The standard InChI is InChI=1S/C3H8N4.2C3H7N3.C2H6N4/c4-2-1-3-6-7-5;2*1-2-3-5-6-4;3-1-2-5-6-4/h1-4H2;2*2-3H2,1H3;1-3H2. The molecule has 0 rings (SSSR count). The lowest BCUT2D eigenvalue weighted by atomic mass is 10.4. The van der Waals surface area contributed by atoms with E-state index in [-0.39, 0.29) is 0 Å². The number of hydrogen-bond donors (Lipinski definition) is 2. The summed E-state index contributed by atoms with van der Waals surface area (Å²) in [6, 6.07) is 0. The molecule has 0 unspecified atom stereocenters. The second-order valence-electron chi connectivity index (χ2n) is 3.75. The van der Waals surface area contributed by atoms with E-state index in [0.29, 0.717) is 39.3 Å². The summed E-state index contributed by atoms with van der Waals surface area (Å²) in [4.78, 5) is 10.1. The Morgan fingerprint density at radius 1 is 0.600 bits per heavy atom. The molecule has 0 radical (unpaired) electrons. The zero-order valence-electron chi connectivity index (χ0n) is 14.9. The molecule has 14 nitrogen and oxygen atoms in total. The van der Waals surface area contributed by atoms with Gasteiger partial charge in [-0.15, -0.1) is 0 Å². The van der Waals surface area contributed by atoms with Crippen molar-refractivity contribution in [1.82, 2.24) is 0 Å². The van der Waals surface area contributed by atoms with Crippen LogP contribution in [0.3, 0.4) is 0 Å². The molecule has 14 heteroatoms. The Labute approximate surface area is 147 Å². The second-order valence-corrected chi connectivity index (χ2v) is 3.75. The summed E-state index contributed by atoms with van der Waals surface area (Å²) < 4.78 is 0. The zero-order valence-corrected chi connectivity index (χ0v) is 14.9. The largest absolute Gasteiger partial charge is 0.330 e. The first-order valence-electron chi connectivity index (χ1n) is 7.60. The van der Waals surface area contributed by atoms with Crippen LogP contribution >= 0.6 is 0 Å². The van der Waals surface area contributed by atoms with Crippen molar-refractivity contribution in [2.24, 2.45) is 31.9 Å². The van der Waals surface area contributed by atoms with Gasteiger partial charge in [0.2, 0.25) is 0 Å². The molecule has 0 bridgehead atoms. The van der Waals surface area contributed by atoms with Crippen LogP contribution in [0.4, 0.5) is 0 Å². The van der Waals surface area contributed by atoms with Crippen LogP contribution in [-0.2, 0) is 0 Å². The second kappa shape index (κ2) is 42.9. The fourth-order valence-corrected chi connectivity index (χ4v) is 0.599. The molecular weight excluding hydrogens is 328 g/mol. The summed E-state index contributed by atoms with van der Waals surface area (Å²) in [5, 5.41) is 12.9. The van der Waals surface area contributed by atoms with Gasteiger partial charge in [-0.1, -0.05) is 47.1 Å². The van der Waals surface area contributed by atoms with Crippen LogP contribution in [0.5, 0.6) is 0 Å². The molecule has 0 aliphatic carbocycles. The van der Waals surface area contributed by atoms with Crippen molar-refractivity contribution in [3.05, 3.63) is 41.8 Å². The number of nitrogens with zero attached hydrogens (tertiary/aromatic N) is 12. The Kier molecular flexibility index (Phi) is 51.6. The third-order valence-corrected chi connectivity index (χ3v) is 1.59. The maximum Gasteiger partial charge on any atom is 0.0381 e. The summed E-state index contributed by atoms with van der Waals surface area (Å²) >= 11 is 0. The lowest BCUT2D eigenvalue weighted by molar-refractivity contribution is 0.838. The highest BCUT2D eigenvalue weighted by Gasteiger charge is 1.74. The van der Waals surface area contributed by atoms with E-state index in [1.807, 2.05) is 13.8 Å². The first-order valence-corrected chi connectivity index (χ1v) is 7.60. The molecule has 0 aliphatic heterocycles. The van der Waals surface area contributed by atoms with Crippen molar-refractivity contribution in [2.75, 3.05) is 39.3 Å². The molecule has 0 fully saturated rings. The molecule has 0 aromatic rings. The molecule has 0 aromatic heterocycles. The fraction of sp³-hybridized carbons (Fsp3) is 1.00. The third kappa shape index (κ3) is 75.3. The van der Waals surface area contributed by atoms with Crippen molar-refractivity contribution in [3.63, 3.8) is 0 Å². The van der Waals surface area contributed by atoms with Crippen LogP contribution in [0.15, 0.2) is 20.5 Å². The number of rotatable bonds is 9. The highest BCUT2D eigenvalue weighted by molar-refractivity contribution is 4.46. The molecule has 0 aromatic carbocycles. The minimum absolute atomic E-state index is 0.399. The van der Waals surface area contributed by atoms with Gasteiger partial charge in [0.15, 0.2) is 0 Å². The molecule has 0 saturated carbocycles. The van der Waals surface area contributed by atoms with Gasteiger partial charge in [0.05, 0.1) is 0 Å². The summed E-state index contributed by atoms with van der Waals surface area (Å²) in [6.07, 6.45) is 2.65. The smallest absolute Gasteiger partial charge is 0.0381 e. The van der Waals surface area contributed by atoms with Crippen molar-refractivity contribution in [2.45, 2.75) is 33.1 Å². The van der Waals surface area contributed by atoms with E-state index in [1.54, 1.807) is 0 Å². The van der Waals surface area contributed by atoms with E-state index < -0.39 is 0 Å². The van der Waals surface area contributed by atoms with E-state index >= 15 is 0 Å². The molecule has 25 heavy (non-hydrogen) atoms. The Balaban J connectivity index is -0.000000118. The number of hydrogen-bond acceptors (Lipinski definition) is 6. The van der Waals surface area contributed by atoms with Gasteiger partial charge in [-0.05, 0) is 41.6 Å². The van der Waals surface area contributed by atoms with Crippen molar-refractivity contribution in [3.8, 4) is 0 Å². The lowest BCUT2D eigenvalue weighted by Crippen LogP contribution is -2.00.